The zero-order chi connectivity index (χ0) is 18.6. The Balaban J connectivity index is 1.73. The van der Waals surface area contributed by atoms with Crippen LogP contribution in [0.15, 0.2) is 64.2 Å². The first-order valence-electron chi connectivity index (χ1n) is 7.88. The molecule has 26 heavy (non-hydrogen) atoms. The van der Waals surface area contributed by atoms with E-state index in [-0.39, 0.29) is 16.5 Å². The molecule has 0 saturated carbocycles. The molecule has 8 heteroatoms. The van der Waals surface area contributed by atoms with Gasteiger partial charge in [-0.3, -0.25) is 4.72 Å². The van der Waals surface area contributed by atoms with Crippen molar-refractivity contribution in [2.75, 3.05) is 17.1 Å². The number of furan rings is 1. The third-order valence-corrected chi connectivity index (χ3v) is 5.03. The first-order valence-corrected chi connectivity index (χ1v) is 9.36. The Morgan fingerprint density at radius 3 is 2.69 bits per heavy atom. The molecule has 0 unspecified atom stereocenters. The van der Waals surface area contributed by atoms with Crippen molar-refractivity contribution in [2.24, 2.45) is 0 Å². The number of ether oxygens (including phenoxy) is 1. The highest BCUT2D eigenvalue weighted by molar-refractivity contribution is 7.92. The van der Waals surface area contributed by atoms with Gasteiger partial charge in [0.2, 0.25) is 0 Å². The van der Waals surface area contributed by atoms with E-state index in [0.717, 1.165) is 17.0 Å². The monoisotopic (exact) mass is 373 g/mol. The summed E-state index contributed by atoms with van der Waals surface area (Å²) >= 11 is 0. The Hall–Kier alpha value is -3.00. The van der Waals surface area contributed by atoms with Gasteiger partial charge in [0.15, 0.2) is 0 Å². The lowest BCUT2D eigenvalue weighted by Gasteiger charge is -2.12. The maximum Gasteiger partial charge on any atom is 0.266 e. The van der Waals surface area contributed by atoms with E-state index in [1.165, 1.54) is 7.11 Å². The van der Waals surface area contributed by atoms with Crippen LogP contribution in [0.1, 0.15) is 11.3 Å². The number of nitrogens with one attached hydrogen (secondary N) is 2. The van der Waals surface area contributed by atoms with Crippen LogP contribution in [0.4, 0.5) is 11.5 Å². The van der Waals surface area contributed by atoms with Crippen LogP contribution in [0, 0.1) is 6.92 Å². The second-order valence-electron chi connectivity index (χ2n) is 5.62. The van der Waals surface area contributed by atoms with Crippen molar-refractivity contribution in [3.05, 3.63) is 66.2 Å². The molecule has 0 radical (unpaired) electrons. The Bertz CT molecular complexity index is 968. The van der Waals surface area contributed by atoms with Gasteiger partial charge in [-0.25, -0.2) is 13.4 Å². The highest BCUT2D eigenvalue weighted by Gasteiger charge is 2.20. The van der Waals surface area contributed by atoms with Crippen LogP contribution >= 0.6 is 0 Å². The summed E-state index contributed by atoms with van der Waals surface area (Å²) in [4.78, 5) is 4.21. The van der Waals surface area contributed by atoms with Crippen LogP contribution in [0.5, 0.6) is 5.75 Å². The SMILES string of the molecule is COc1ccc(C)cc1S(=O)(=O)Nc1ccc(NCc2ccco2)cn1. The summed E-state index contributed by atoms with van der Waals surface area (Å²) in [5.41, 5.74) is 1.56. The summed E-state index contributed by atoms with van der Waals surface area (Å²) in [7, 11) is -2.38. The summed E-state index contributed by atoms with van der Waals surface area (Å²) in [5, 5.41) is 3.14. The van der Waals surface area contributed by atoms with E-state index >= 15 is 0 Å². The molecular weight excluding hydrogens is 354 g/mol. The Morgan fingerprint density at radius 2 is 2.04 bits per heavy atom. The topological polar surface area (TPSA) is 93.5 Å². The Kier molecular flexibility index (Phi) is 5.13. The van der Waals surface area contributed by atoms with Gasteiger partial charge in [-0.15, -0.1) is 0 Å². The third kappa shape index (κ3) is 4.15. The highest BCUT2D eigenvalue weighted by Crippen LogP contribution is 2.26. The average Bonchev–Trinajstić information content (AvgIpc) is 3.14. The molecule has 0 aliphatic heterocycles. The number of anilines is 2. The molecule has 1 aromatic carbocycles. The molecule has 2 aromatic heterocycles. The van der Waals surface area contributed by atoms with Crippen molar-refractivity contribution in [1.82, 2.24) is 4.98 Å². The zero-order valence-corrected chi connectivity index (χ0v) is 15.2. The molecular formula is C18H19N3O4S. The van der Waals surface area contributed by atoms with Gasteiger partial charge in [0.25, 0.3) is 10.0 Å². The van der Waals surface area contributed by atoms with E-state index < -0.39 is 10.0 Å². The normalized spacial score (nSPS) is 11.2. The highest BCUT2D eigenvalue weighted by atomic mass is 32.2. The fourth-order valence-corrected chi connectivity index (χ4v) is 3.61. The van der Waals surface area contributed by atoms with Crippen molar-refractivity contribution in [3.63, 3.8) is 0 Å². The van der Waals surface area contributed by atoms with Gasteiger partial charge in [-0.1, -0.05) is 6.07 Å². The van der Waals surface area contributed by atoms with Gasteiger partial charge in [0, 0.05) is 0 Å². The molecule has 7 nitrogen and oxygen atoms in total. The fraction of sp³-hybridized carbons (Fsp3) is 0.167. The molecule has 0 spiro atoms. The standard InChI is InChI=1S/C18H19N3O4S/c1-13-5-7-16(24-2)17(10-13)26(22,23)21-18-8-6-14(11-20-18)19-12-15-4-3-9-25-15/h3-11,19H,12H2,1-2H3,(H,20,21). The van der Waals surface area contributed by atoms with Gasteiger partial charge in [0.1, 0.15) is 22.2 Å². The summed E-state index contributed by atoms with van der Waals surface area (Å²) in [6, 6.07) is 12.0. The number of nitrogens with zero attached hydrogens (tertiary/aromatic N) is 1. The predicted octanol–water partition coefficient (Wildman–Crippen LogP) is 3.40. The van der Waals surface area contributed by atoms with E-state index in [1.54, 1.807) is 42.8 Å². The molecule has 3 rings (SSSR count). The molecule has 0 aliphatic carbocycles. The summed E-state index contributed by atoms with van der Waals surface area (Å²) in [5.74, 6) is 1.29. The molecule has 2 N–H and O–H groups in total. The van der Waals surface area contributed by atoms with Crippen LogP contribution in [-0.2, 0) is 16.6 Å². The molecule has 2 heterocycles. The minimum atomic E-state index is -3.81. The van der Waals surface area contributed by atoms with Crippen LogP contribution < -0.4 is 14.8 Å². The molecule has 136 valence electrons. The second kappa shape index (κ2) is 7.49. The lowest BCUT2D eigenvalue weighted by atomic mass is 10.2. The quantitative estimate of drug-likeness (QED) is 0.659. The predicted molar refractivity (Wildman–Crippen MR) is 98.8 cm³/mol. The van der Waals surface area contributed by atoms with E-state index in [1.807, 2.05) is 19.1 Å². The number of pyridine rings is 1. The number of aryl methyl sites for hydroxylation is 1. The van der Waals surface area contributed by atoms with Crippen LogP contribution in [-0.4, -0.2) is 20.5 Å². The van der Waals surface area contributed by atoms with E-state index in [2.05, 4.69) is 15.0 Å². The minimum absolute atomic E-state index is 0.0711. The number of hydrogen-bond donors (Lipinski definition) is 2. The fourth-order valence-electron chi connectivity index (χ4n) is 2.35. The molecule has 3 aromatic rings. The maximum atomic E-state index is 12.6. The summed E-state index contributed by atoms with van der Waals surface area (Å²) < 4.78 is 38.1. The van der Waals surface area contributed by atoms with Crippen molar-refractivity contribution < 1.29 is 17.6 Å². The van der Waals surface area contributed by atoms with Gasteiger partial charge < -0.3 is 14.5 Å². The van der Waals surface area contributed by atoms with Crippen molar-refractivity contribution in [1.29, 1.82) is 0 Å². The van der Waals surface area contributed by atoms with Crippen molar-refractivity contribution >= 4 is 21.5 Å². The van der Waals surface area contributed by atoms with Crippen LogP contribution in [0.25, 0.3) is 0 Å². The first-order chi connectivity index (χ1) is 12.5. The molecule has 0 fully saturated rings. The van der Waals surface area contributed by atoms with Crippen LogP contribution in [0.3, 0.4) is 0 Å². The smallest absolute Gasteiger partial charge is 0.266 e. The largest absolute Gasteiger partial charge is 0.495 e. The van der Waals surface area contributed by atoms with E-state index in [0.29, 0.717) is 6.54 Å². The Morgan fingerprint density at radius 1 is 1.19 bits per heavy atom. The lowest BCUT2D eigenvalue weighted by Crippen LogP contribution is -2.15. The number of methoxy groups -OCH3 is 1. The van der Waals surface area contributed by atoms with Gasteiger partial charge >= 0.3 is 0 Å². The van der Waals surface area contributed by atoms with Crippen LogP contribution in [0.2, 0.25) is 0 Å². The number of hydrogen-bond acceptors (Lipinski definition) is 6. The lowest BCUT2D eigenvalue weighted by molar-refractivity contribution is 0.402. The number of sulfonamides is 1. The van der Waals surface area contributed by atoms with Crippen molar-refractivity contribution in [2.45, 2.75) is 18.4 Å². The van der Waals surface area contributed by atoms with Crippen molar-refractivity contribution in [3.8, 4) is 5.75 Å². The van der Waals surface area contributed by atoms with E-state index in [9.17, 15) is 8.42 Å². The molecule has 0 aliphatic rings. The maximum absolute atomic E-state index is 12.6. The second-order valence-corrected chi connectivity index (χ2v) is 7.28. The number of aromatic nitrogens is 1. The van der Waals surface area contributed by atoms with Gasteiger partial charge in [0.05, 0.1) is 31.8 Å². The summed E-state index contributed by atoms with van der Waals surface area (Å²) in [6.45, 7) is 2.33. The first kappa shape index (κ1) is 17.8. The van der Waals surface area contributed by atoms with Gasteiger partial charge in [-0.2, -0.15) is 0 Å². The van der Waals surface area contributed by atoms with E-state index in [4.69, 9.17) is 9.15 Å². The molecule has 0 amide bonds. The molecule has 0 bridgehead atoms. The average molecular weight is 373 g/mol. The van der Waals surface area contributed by atoms with Gasteiger partial charge in [-0.05, 0) is 48.9 Å². The zero-order valence-electron chi connectivity index (χ0n) is 14.4. The minimum Gasteiger partial charge on any atom is -0.495 e. The molecule has 0 atom stereocenters. The number of rotatable bonds is 7. The molecule has 0 saturated heterocycles. The third-order valence-electron chi connectivity index (χ3n) is 3.66. The number of benzene rings is 1. The Labute approximate surface area is 152 Å². The summed E-state index contributed by atoms with van der Waals surface area (Å²) in [6.07, 6.45) is 3.15.